The number of benzene rings is 1. The highest BCUT2D eigenvalue weighted by atomic mass is 15.0. The summed E-state index contributed by atoms with van der Waals surface area (Å²) in [5.41, 5.74) is 3.69. The van der Waals surface area contributed by atoms with Crippen LogP contribution in [0.5, 0.6) is 0 Å². The first kappa shape index (κ1) is 13.0. The molecule has 0 aliphatic rings. The van der Waals surface area contributed by atoms with E-state index < -0.39 is 0 Å². The number of hydrogen-bond acceptors (Lipinski definition) is 2. The summed E-state index contributed by atoms with van der Waals surface area (Å²) >= 11 is 0. The molecular weight excluding hydrogens is 246 g/mol. The van der Waals surface area contributed by atoms with E-state index in [-0.39, 0.29) is 0 Å². The number of nitrogens with zero attached hydrogens (tertiary/aromatic N) is 2. The standard InChI is InChI=1S/C17H21N3/c1-4-5-10-20-15-9-7-6-8-13(15)14-11-16(18-3)19-12(2)17(14)20/h6-9,11H,4-5,10H2,1-3H3,(H,18,19). The van der Waals surface area contributed by atoms with E-state index in [1.54, 1.807) is 0 Å². The molecule has 0 saturated heterocycles. The number of fused-ring (bicyclic) bond motifs is 3. The van der Waals surface area contributed by atoms with Gasteiger partial charge in [-0.1, -0.05) is 31.5 Å². The number of anilines is 1. The lowest BCUT2D eigenvalue weighted by Gasteiger charge is -2.09. The van der Waals surface area contributed by atoms with Gasteiger partial charge < -0.3 is 9.88 Å². The molecule has 3 aromatic rings. The molecule has 20 heavy (non-hydrogen) atoms. The van der Waals surface area contributed by atoms with Crippen molar-refractivity contribution in [2.24, 2.45) is 0 Å². The van der Waals surface area contributed by atoms with Gasteiger partial charge in [-0.25, -0.2) is 4.98 Å². The van der Waals surface area contributed by atoms with Gasteiger partial charge in [0.2, 0.25) is 0 Å². The molecule has 0 atom stereocenters. The van der Waals surface area contributed by atoms with Crippen molar-refractivity contribution < 1.29 is 0 Å². The number of pyridine rings is 1. The lowest BCUT2D eigenvalue weighted by Crippen LogP contribution is -2.01. The van der Waals surface area contributed by atoms with E-state index in [0.29, 0.717) is 0 Å². The third-order valence-corrected chi connectivity index (χ3v) is 3.91. The van der Waals surface area contributed by atoms with Crippen molar-refractivity contribution >= 4 is 27.6 Å². The zero-order chi connectivity index (χ0) is 14.1. The summed E-state index contributed by atoms with van der Waals surface area (Å²) in [6, 6.07) is 10.8. The van der Waals surface area contributed by atoms with Gasteiger partial charge in [0, 0.05) is 29.9 Å². The molecule has 0 fully saturated rings. The maximum absolute atomic E-state index is 4.65. The molecule has 3 nitrogen and oxygen atoms in total. The van der Waals surface area contributed by atoms with Gasteiger partial charge >= 0.3 is 0 Å². The fraction of sp³-hybridized carbons (Fsp3) is 0.353. The Kier molecular flexibility index (Phi) is 3.35. The van der Waals surface area contributed by atoms with Crippen molar-refractivity contribution in [2.75, 3.05) is 12.4 Å². The van der Waals surface area contributed by atoms with Crippen LogP contribution in [0.25, 0.3) is 21.8 Å². The first-order chi connectivity index (χ1) is 9.76. The minimum absolute atomic E-state index is 0.938. The zero-order valence-corrected chi connectivity index (χ0v) is 12.4. The quantitative estimate of drug-likeness (QED) is 0.762. The first-order valence-corrected chi connectivity index (χ1v) is 7.32. The summed E-state index contributed by atoms with van der Waals surface area (Å²) in [7, 11) is 1.92. The van der Waals surface area contributed by atoms with Crippen molar-refractivity contribution in [1.29, 1.82) is 0 Å². The number of para-hydroxylation sites is 1. The van der Waals surface area contributed by atoms with E-state index in [1.165, 1.54) is 34.6 Å². The minimum Gasteiger partial charge on any atom is -0.373 e. The van der Waals surface area contributed by atoms with Crippen LogP contribution in [0.15, 0.2) is 30.3 Å². The maximum Gasteiger partial charge on any atom is 0.126 e. The molecule has 0 aliphatic heterocycles. The number of aryl methyl sites for hydroxylation is 2. The topological polar surface area (TPSA) is 29.9 Å². The fourth-order valence-corrected chi connectivity index (χ4v) is 2.95. The minimum atomic E-state index is 0.938. The van der Waals surface area contributed by atoms with E-state index in [2.05, 4.69) is 59.0 Å². The van der Waals surface area contributed by atoms with Gasteiger partial charge in [0.25, 0.3) is 0 Å². The molecule has 0 aliphatic carbocycles. The maximum atomic E-state index is 4.65. The van der Waals surface area contributed by atoms with E-state index in [1.807, 2.05) is 7.05 Å². The number of hydrogen-bond donors (Lipinski definition) is 1. The van der Waals surface area contributed by atoms with Crippen LogP contribution >= 0.6 is 0 Å². The van der Waals surface area contributed by atoms with Crippen LogP contribution in [-0.4, -0.2) is 16.6 Å². The third-order valence-electron chi connectivity index (χ3n) is 3.91. The molecule has 0 radical (unpaired) electrons. The summed E-state index contributed by atoms with van der Waals surface area (Å²) in [5, 5.41) is 5.78. The van der Waals surface area contributed by atoms with Crippen molar-refractivity contribution in [1.82, 2.24) is 9.55 Å². The highest BCUT2D eigenvalue weighted by molar-refractivity contribution is 6.09. The largest absolute Gasteiger partial charge is 0.373 e. The van der Waals surface area contributed by atoms with Gasteiger partial charge in [-0.3, -0.25) is 0 Å². The normalized spacial score (nSPS) is 11.3. The zero-order valence-electron chi connectivity index (χ0n) is 12.4. The lowest BCUT2D eigenvalue weighted by atomic mass is 10.1. The SMILES string of the molecule is CCCCn1c2ccccc2c2cc(NC)nc(C)c21. The number of aromatic nitrogens is 2. The molecule has 0 unspecified atom stereocenters. The molecule has 1 aromatic carbocycles. The number of rotatable bonds is 4. The summed E-state index contributed by atoms with van der Waals surface area (Å²) in [6.07, 6.45) is 2.40. The molecule has 0 spiro atoms. The molecule has 0 saturated carbocycles. The van der Waals surface area contributed by atoms with Gasteiger partial charge in [-0.05, 0) is 25.5 Å². The number of unbranched alkanes of at least 4 members (excludes halogenated alkanes) is 1. The van der Waals surface area contributed by atoms with Crippen LogP contribution in [-0.2, 0) is 6.54 Å². The predicted molar refractivity (Wildman–Crippen MR) is 86.4 cm³/mol. The van der Waals surface area contributed by atoms with Crippen LogP contribution in [0.2, 0.25) is 0 Å². The fourth-order valence-electron chi connectivity index (χ4n) is 2.95. The molecule has 1 N–H and O–H groups in total. The molecule has 2 aromatic heterocycles. The molecule has 3 rings (SSSR count). The third kappa shape index (κ3) is 1.94. The van der Waals surface area contributed by atoms with Crippen molar-refractivity contribution in [3.63, 3.8) is 0 Å². The molecule has 2 heterocycles. The summed E-state index contributed by atoms with van der Waals surface area (Å²) in [5.74, 6) is 0.938. The first-order valence-electron chi connectivity index (χ1n) is 7.32. The van der Waals surface area contributed by atoms with E-state index in [4.69, 9.17) is 0 Å². The monoisotopic (exact) mass is 267 g/mol. The Morgan fingerprint density at radius 2 is 2.00 bits per heavy atom. The summed E-state index contributed by atoms with van der Waals surface area (Å²) in [4.78, 5) is 4.65. The van der Waals surface area contributed by atoms with Crippen LogP contribution in [0.4, 0.5) is 5.82 Å². The molecular formula is C17H21N3. The second-order valence-corrected chi connectivity index (χ2v) is 5.26. The lowest BCUT2D eigenvalue weighted by molar-refractivity contribution is 0.663. The number of nitrogens with one attached hydrogen (secondary N) is 1. The Balaban J connectivity index is 2.38. The van der Waals surface area contributed by atoms with Crippen molar-refractivity contribution in [3.05, 3.63) is 36.0 Å². The Bertz CT molecular complexity index is 756. The van der Waals surface area contributed by atoms with Crippen molar-refractivity contribution in [3.8, 4) is 0 Å². The van der Waals surface area contributed by atoms with Gasteiger partial charge in [0.15, 0.2) is 0 Å². The van der Waals surface area contributed by atoms with Gasteiger partial charge in [0.05, 0.1) is 11.2 Å². The Labute approximate surface area is 119 Å². The highest BCUT2D eigenvalue weighted by Gasteiger charge is 2.13. The molecule has 104 valence electrons. The second kappa shape index (κ2) is 5.16. The van der Waals surface area contributed by atoms with E-state index in [0.717, 1.165) is 18.1 Å². The van der Waals surface area contributed by atoms with Crippen LogP contribution in [0.3, 0.4) is 0 Å². The molecule has 0 bridgehead atoms. The average molecular weight is 267 g/mol. The average Bonchev–Trinajstić information content (AvgIpc) is 2.80. The van der Waals surface area contributed by atoms with Crippen LogP contribution < -0.4 is 5.32 Å². The molecule has 3 heteroatoms. The van der Waals surface area contributed by atoms with Crippen LogP contribution in [0.1, 0.15) is 25.5 Å². The Morgan fingerprint density at radius 3 is 2.75 bits per heavy atom. The summed E-state index contributed by atoms with van der Waals surface area (Å²) in [6.45, 7) is 5.39. The Hall–Kier alpha value is -2.03. The smallest absolute Gasteiger partial charge is 0.126 e. The predicted octanol–water partition coefficient (Wildman–Crippen LogP) is 4.34. The summed E-state index contributed by atoms with van der Waals surface area (Å²) < 4.78 is 2.43. The highest BCUT2D eigenvalue weighted by Crippen LogP contribution is 2.32. The molecule has 0 amide bonds. The van der Waals surface area contributed by atoms with E-state index >= 15 is 0 Å². The van der Waals surface area contributed by atoms with Crippen molar-refractivity contribution in [2.45, 2.75) is 33.2 Å². The van der Waals surface area contributed by atoms with Gasteiger partial charge in [-0.15, -0.1) is 0 Å². The van der Waals surface area contributed by atoms with Gasteiger partial charge in [-0.2, -0.15) is 0 Å². The second-order valence-electron chi connectivity index (χ2n) is 5.26. The van der Waals surface area contributed by atoms with Gasteiger partial charge in [0.1, 0.15) is 5.82 Å². The Morgan fingerprint density at radius 1 is 1.20 bits per heavy atom. The van der Waals surface area contributed by atoms with E-state index in [9.17, 15) is 0 Å². The van der Waals surface area contributed by atoms with Crippen LogP contribution in [0, 0.1) is 6.92 Å².